The first-order valence-corrected chi connectivity index (χ1v) is 10.8. The van der Waals surface area contributed by atoms with Crippen LogP contribution in [0.2, 0.25) is 0 Å². The Morgan fingerprint density at radius 1 is 0.633 bits per heavy atom. The van der Waals surface area contributed by atoms with Crippen LogP contribution >= 0.6 is 7.81 Å². The Labute approximate surface area is 169 Å². The number of anilines is 1. The average Bonchev–Trinajstić information content (AvgIpc) is 3.13. The third kappa shape index (κ3) is 7.18. The number of para-hydroxylation sites is 2. The number of hydrazine groups is 1. The van der Waals surface area contributed by atoms with E-state index in [1.807, 2.05) is 18.2 Å². The van der Waals surface area contributed by atoms with Gasteiger partial charge in [0, 0.05) is 17.7 Å². The minimum absolute atomic E-state index is 1.10. The number of benzene rings is 3. The third-order valence-corrected chi connectivity index (χ3v) is 3.92. The zero-order valence-corrected chi connectivity index (χ0v) is 16.3. The first kappa shape index (κ1) is 21.8. The molecule has 0 aromatic heterocycles. The molecule has 160 valence electrons. The average molecular weight is 445 g/mol. The molecule has 0 saturated heterocycles. The maximum atomic E-state index is 9.87. The van der Waals surface area contributed by atoms with Crippen LogP contribution in [0.25, 0.3) is 5.70 Å². The molecule has 1 aliphatic heterocycles. The second-order valence-electron chi connectivity index (χ2n) is 6.42. The molecule has 1 atom stereocenters. The number of rotatable bonds is 3. The molecule has 1 aliphatic rings. The van der Waals surface area contributed by atoms with Crippen molar-refractivity contribution in [3.8, 4) is 0 Å². The van der Waals surface area contributed by atoms with Crippen molar-refractivity contribution in [1.82, 2.24) is 5.53 Å². The molecule has 30 heavy (non-hydrogen) atoms. The van der Waals surface area contributed by atoms with Crippen molar-refractivity contribution in [3.05, 3.63) is 103 Å². The van der Waals surface area contributed by atoms with Gasteiger partial charge in [-0.2, -0.15) is 5.01 Å². The zero-order chi connectivity index (χ0) is 21.9. The van der Waals surface area contributed by atoms with Crippen molar-refractivity contribution in [2.75, 3.05) is 5.01 Å². The summed E-state index contributed by atoms with van der Waals surface area (Å²) in [6.07, 6.45) is 2.21. The molecule has 1 unspecified atom stereocenters. The van der Waals surface area contributed by atoms with Crippen molar-refractivity contribution < 1.29 is 30.2 Å². The first-order chi connectivity index (χ1) is 13.9. The van der Waals surface area contributed by atoms with Gasteiger partial charge in [-0.1, -0.05) is 72.3 Å². The molecule has 10 heteroatoms. The third-order valence-electron chi connectivity index (χ3n) is 3.92. The summed E-state index contributed by atoms with van der Waals surface area (Å²) in [5.41, 5.74) is 8.17. The Kier molecular flexibility index (Phi) is 5.41. The number of nitrogens with zero attached hydrogens (tertiary/aromatic N) is 1. The number of quaternary nitrogens is 1. The molecule has 3 aromatic rings. The zero-order valence-electron chi connectivity index (χ0n) is 15.4. The monoisotopic (exact) mass is 445 g/mol. The number of nitrogens with one attached hydrogen (secondary N) is 2. The Bertz CT molecular complexity index is 999. The Morgan fingerprint density at radius 2 is 1.07 bits per heavy atom. The van der Waals surface area contributed by atoms with E-state index in [1.165, 1.54) is 11.3 Å². The molecule has 0 spiro atoms. The Morgan fingerprint density at radius 3 is 1.57 bits per heavy atom. The molecule has 2 N–H and O–H groups in total. The van der Waals surface area contributed by atoms with Crippen molar-refractivity contribution in [1.29, 1.82) is 0 Å². The van der Waals surface area contributed by atoms with E-state index in [-0.39, 0.29) is 0 Å². The summed E-state index contributed by atoms with van der Waals surface area (Å²) >= 11 is 0. The van der Waals surface area contributed by atoms with Gasteiger partial charge in [-0.3, -0.25) is 0 Å². The molecule has 1 heterocycles. The summed E-state index contributed by atoms with van der Waals surface area (Å²) in [7, 11) is -10.7. The molecule has 0 aliphatic carbocycles. The van der Waals surface area contributed by atoms with Crippen LogP contribution in [0.5, 0.6) is 0 Å². The first-order valence-electron chi connectivity index (χ1n) is 8.74. The molecular formula is C20H18F6N3P. The second kappa shape index (κ2) is 7.43. The SMILES string of the molecule is C1=C(c2ccccc2)N(c2ccccc2)N[NH+]1c1ccccc1.F[P-](F)(F)(F)(F)F. The molecule has 0 fully saturated rings. The quantitative estimate of drug-likeness (QED) is 0.353. The van der Waals surface area contributed by atoms with E-state index in [1.54, 1.807) is 0 Å². The second-order valence-corrected chi connectivity index (χ2v) is 8.33. The fourth-order valence-corrected chi connectivity index (χ4v) is 2.78. The van der Waals surface area contributed by atoms with Crippen LogP contribution in [0.3, 0.4) is 0 Å². The number of hydrogen-bond donors (Lipinski definition) is 2. The van der Waals surface area contributed by atoms with E-state index in [0.717, 1.165) is 16.4 Å². The van der Waals surface area contributed by atoms with Gasteiger partial charge in [0.1, 0.15) is 11.9 Å². The molecular weight excluding hydrogens is 427 g/mol. The molecule has 4 rings (SSSR count). The van der Waals surface area contributed by atoms with E-state index in [0.29, 0.717) is 0 Å². The van der Waals surface area contributed by atoms with Gasteiger partial charge >= 0.3 is 33.0 Å². The molecule has 0 bridgehead atoms. The number of hydrogen-bond acceptors (Lipinski definition) is 2. The van der Waals surface area contributed by atoms with Gasteiger partial charge in [-0.25, -0.2) is 5.01 Å². The summed E-state index contributed by atoms with van der Waals surface area (Å²) in [4.78, 5) is 0. The van der Waals surface area contributed by atoms with Gasteiger partial charge in [0.2, 0.25) is 0 Å². The van der Waals surface area contributed by atoms with Crippen molar-refractivity contribution in [2.24, 2.45) is 0 Å². The minimum atomic E-state index is -10.7. The van der Waals surface area contributed by atoms with Crippen LogP contribution in [-0.4, -0.2) is 0 Å². The van der Waals surface area contributed by atoms with Crippen LogP contribution < -0.4 is 15.6 Å². The van der Waals surface area contributed by atoms with E-state index in [9.17, 15) is 25.2 Å². The predicted molar refractivity (Wildman–Crippen MR) is 107 cm³/mol. The van der Waals surface area contributed by atoms with Gasteiger partial charge in [-0.05, 0) is 12.1 Å². The van der Waals surface area contributed by atoms with Crippen molar-refractivity contribution >= 4 is 24.9 Å². The Balaban J connectivity index is 0.000000318. The van der Waals surface area contributed by atoms with Crippen LogP contribution in [0.15, 0.2) is 97.2 Å². The van der Waals surface area contributed by atoms with Gasteiger partial charge < -0.3 is 0 Å². The van der Waals surface area contributed by atoms with Gasteiger partial charge in [0.15, 0.2) is 5.69 Å². The molecule has 0 saturated carbocycles. The molecule has 0 amide bonds. The van der Waals surface area contributed by atoms with Gasteiger partial charge in [0.25, 0.3) is 0 Å². The summed E-state index contributed by atoms with van der Waals surface area (Å²) in [6.45, 7) is 0. The van der Waals surface area contributed by atoms with Gasteiger partial charge in [-0.15, -0.1) is 0 Å². The van der Waals surface area contributed by atoms with Gasteiger partial charge in [0.05, 0.1) is 5.69 Å². The molecule has 3 aromatic carbocycles. The standard InChI is InChI=1S/C20H17N3.F6P/c1-4-10-17(11-5-1)20-16-22(18-12-6-2-7-13-18)21-23(20)19-14-8-3-9-15-19;1-7(2,3,4,5)6/h1-16,21H;/q;-1/p+1. The van der Waals surface area contributed by atoms with E-state index in [2.05, 4.69) is 89.5 Å². The van der Waals surface area contributed by atoms with Crippen LogP contribution in [0.4, 0.5) is 36.6 Å². The van der Waals surface area contributed by atoms with Crippen LogP contribution in [-0.2, 0) is 0 Å². The van der Waals surface area contributed by atoms with Crippen LogP contribution in [0.1, 0.15) is 5.56 Å². The van der Waals surface area contributed by atoms with Crippen LogP contribution in [0, 0.1) is 0 Å². The van der Waals surface area contributed by atoms with E-state index < -0.39 is 7.81 Å². The topological polar surface area (TPSA) is 19.7 Å². The molecule has 3 nitrogen and oxygen atoms in total. The Hall–Kier alpha value is -2.87. The normalized spacial score (nSPS) is 18.5. The summed E-state index contributed by atoms with van der Waals surface area (Å²) in [5, 5.41) is 3.24. The summed E-state index contributed by atoms with van der Waals surface area (Å²) in [6, 6.07) is 31.2. The summed E-state index contributed by atoms with van der Waals surface area (Å²) < 4.78 is 59.2. The van der Waals surface area contributed by atoms with E-state index in [4.69, 9.17) is 0 Å². The van der Waals surface area contributed by atoms with E-state index >= 15 is 0 Å². The van der Waals surface area contributed by atoms with Crippen molar-refractivity contribution in [3.63, 3.8) is 0 Å². The predicted octanol–water partition coefficient (Wildman–Crippen LogP) is 6.52. The maximum absolute atomic E-state index is 10.7. The summed E-state index contributed by atoms with van der Waals surface area (Å²) in [5.74, 6) is 0. The number of halogens is 6. The fraction of sp³-hybridized carbons (Fsp3) is 0. The fourth-order valence-electron chi connectivity index (χ4n) is 2.78. The molecule has 0 radical (unpaired) electrons. The van der Waals surface area contributed by atoms with Crippen molar-refractivity contribution in [2.45, 2.75) is 0 Å².